The van der Waals surface area contributed by atoms with E-state index in [9.17, 15) is 44.1 Å². The molecule has 0 spiro atoms. The lowest BCUT2D eigenvalue weighted by atomic mass is 9.44. The monoisotopic (exact) mass is 857 g/mol. The van der Waals surface area contributed by atoms with Gasteiger partial charge in [-0.1, -0.05) is 52.8 Å². The van der Waals surface area contributed by atoms with Gasteiger partial charge in [0.1, 0.15) is 23.9 Å². The molecular formula is C43H55NO17. The van der Waals surface area contributed by atoms with Crippen molar-refractivity contribution in [1.82, 2.24) is 4.90 Å². The molecule has 11 atom stereocenters. The molecule has 2 saturated heterocycles. The van der Waals surface area contributed by atoms with Gasteiger partial charge in [-0.3, -0.25) is 14.4 Å². The van der Waals surface area contributed by atoms with Gasteiger partial charge in [0, 0.05) is 25.2 Å². The molecule has 6 rings (SSSR count). The lowest BCUT2D eigenvalue weighted by Gasteiger charge is -2.67. The van der Waals surface area contributed by atoms with Crippen LogP contribution in [0.25, 0.3) is 0 Å². The van der Waals surface area contributed by atoms with Crippen molar-refractivity contribution in [1.29, 1.82) is 0 Å². The highest BCUT2D eigenvalue weighted by Crippen LogP contribution is 2.64. The maximum absolute atomic E-state index is 15.5. The van der Waals surface area contributed by atoms with Crippen molar-refractivity contribution >= 4 is 41.8 Å². The number of ether oxygens (including phenoxy) is 7. The van der Waals surface area contributed by atoms with Crippen LogP contribution in [0.15, 0.2) is 41.5 Å². The quantitative estimate of drug-likeness (QED) is 0.193. The molecule has 18 nitrogen and oxygen atoms in total. The molecule has 334 valence electrons. The van der Waals surface area contributed by atoms with E-state index >= 15 is 4.79 Å². The van der Waals surface area contributed by atoms with Gasteiger partial charge in [-0.2, -0.15) is 0 Å². The lowest BCUT2D eigenvalue weighted by molar-refractivity contribution is -0.344. The molecule has 1 aromatic carbocycles. The predicted molar refractivity (Wildman–Crippen MR) is 207 cm³/mol. The summed E-state index contributed by atoms with van der Waals surface area (Å²) in [5.74, 6) is -6.67. The number of rotatable bonds is 8. The zero-order valence-electron chi connectivity index (χ0n) is 36.1. The van der Waals surface area contributed by atoms with E-state index in [1.54, 1.807) is 39.0 Å². The van der Waals surface area contributed by atoms with Crippen LogP contribution in [0.3, 0.4) is 0 Å². The number of esters is 3. The average Bonchev–Trinajstić information content (AvgIpc) is 3.36. The molecule has 2 saturated carbocycles. The summed E-state index contributed by atoms with van der Waals surface area (Å²) in [6.07, 6.45) is -13.5. The van der Waals surface area contributed by atoms with Crippen LogP contribution in [0.5, 0.6) is 0 Å². The first-order valence-electron chi connectivity index (χ1n) is 20.0. The second-order valence-corrected chi connectivity index (χ2v) is 19.0. The summed E-state index contributed by atoms with van der Waals surface area (Å²) >= 11 is 0. The SMILES string of the molecule is COC(=O)O[C@@]12CO[C@@H]1CC(O)[C@@]1(C)C(=O)[C@H](OC(C)=O)C3=C(C)[C@@H](OC(=O)[C@H](O)[C@@H](N4C(=O)OC(C)(C)C4=O)C(C)(C)C)C[C@@](O)([C@@H](OC(=O)c4ccccc4)C12)C3(C)C. The van der Waals surface area contributed by atoms with Gasteiger partial charge in [-0.05, 0) is 56.4 Å². The second kappa shape index (κ2) is 15.2. The van der Waals surface area contributed by atoms with Crippen LogP contribution >= 0.6 is 0 Å². The number of aliphatic hydroxyl groups is 3. The average molecular weight is 858 g/mol. The number of hydrogen-bond donors (Lipinski definition) is 3. The van der Waals surface area contributed by atoms with Crippen molar-refractivity contribution in [2.45, 2.75) is 142 Å². The van der Waals surface area contributed by atoms with Gasteiger partial charge in [-0.15, -0.1) is 0 Å². The second-order valence-electron chi connectivity index (χ2n) is 19.0. The molecule has 5 aliphatic rings. The van der Waals surface area contributed by atoms with Gasteiger partial charge in [0.05, 0.1) is 42.8 Å². The van der Waals surface area contributed by atoms with Crippen molar-refractivity contribution in [2.24, 2.45) is 22.2 Å². The highest BCUT2D eigenvalue weighted by molar-refractivity contribution is 6.03. The third-order valence-electron chi connectivity index (χ3n) is 13.5. The van der Waals surface area contributed by atoms with Gasteiger partial charge in [-0.25, -0.2) is 24.1 Å². The number of nitrogens with zero attached hydrogens (tertiary/aromatic N) is 1. The fraction of sp³-hybridized carbons (Fsp3) is 0.651. The van der Waals surface area contributed by atoms with E-state index in [0.717, 1.165) is 14.0 Å². The lowest BCUT2D eigenvalue weighted by Crippen LogP contribution is -2.82. The maximum Gasteiger partial charge on any atom is 0.508 e. The highest BCUT2D eigenvalue weighted by Gasteiger charge is 2.78. The van der Waals surface area contributed by atoms with Crippen molar-refractivity contribution < 1.29 is 82.0 Å². The number of methoxy groups -OCH3 is 1. The number of aliphatic hydroxyl groups excluding tert-OH is 2. The molecule has 4 fully saturated rings. The van der Waals surface area contributed by atoms with Crippen LogP contribution in [0, 0.1) is 22.2 Å². The van der Waals surface area contributed by atoms with Crippen molar-refractivity contribution in [3.05, 3.63) is 47.0 Å². The summed E-state index contributed by atoms with van der Waals surface area (Å²) in [7, 11) is 1.05. The summed E-state index contributed by atoms with van der Waals surface area (Å²) in [5, 5.41) is 37.5. The molecule has 2 heterocycles. The van der Waals surface area contributed by atoms with Crippen molar-refractivity contribution in [3.8, 4) is 0 Å². The molecule has 3 N–H and O–H groups in total. The molecule has 0 radical (unpaired) electrons. The number of carbonyl (C=O) groups is 7. The predicted octanol–water partition coefficient (Wildman–Crippen LogP) is 2.96. The molecule has 1 aromatic rings. The Labute approximate surface area is 352 Å². The summed E-state index contributed by atoms with van der Waals surface area (Å²) in [6.45, 7) is 13.9. The van der Waals surface area contributed by atoms with E-state index in [4.69, 9.17) is 33.2 Å². The van der Waals surface area contributed by atoms with Crippen LogP contribution in [0.2, 0.25) is 0 Å². The number of fused-ring (bicyclic) bond motifs is 5. The smallest absolute Gasteiger partial charge is 0.456 e. The number of imide groups is 1. The first-order chi connectivity index (χ1) is 28.1. The van der Waals surface area contributed by atoms with Crippen molar-refractivity contribution in [2.75, 3.05) is 13.7 Å². The third kappa shape index (κ3) is 6.99. The minimum absolute atomic E-state index is 0.0257. The Morgan fingerprint density at radius 3 is 2.10 bits per heavy atom. The molecule has 2 bridgehead atoms. The summed E-state index contributed by atoms with van der Waals surface area (Å²) in [5.41, 5.74) is -10.9. The van der Waals surface area contributed by atoms with Crippen LogP contribution < -0.4 is 0 Å². The van der Waals surface area contributed by atoms with Gasteiger partial charge >= 0.3 is 30.2 Å². The van der Waals surface area contributed by atoms with Gasteiger partial charge in [0.15, 0.2) is 29.2 Å². The molecule has 2 amide bonds. The van der Waals surface area contributed by atoms with Crippen LogP contribution in [0.4, 0.5) is 9.59 Å². The van der Waals surface area contributed by atoms with E-state index in [0.29, 0.717) is 4.90 Å². The molecule has 3 aliphatic carbocycles. The highest BCUT2D eigenvalue weighted by atomic mass is 16.8. The van der Waals surface area contributed by atoms with E-state index < -0.39 is 137 Å². The first kappa shape index (κ1) is 45.6. The number of ketones is 1. The zero-order valence-corrected chi connectivity index (χ0v) is 36.1. The maximum atomic E-state index is 15.5. The summed E-state index contributed by atoms with van der Waals surface area (Å²) in [6, 6.07) is 6.16. The Balaban J connectivity index is 1.57. The number of hydrogen-bond acceptors (Lipinski definition) is 17. The molecule has 61 heavy (non-hydrogen) atoms. The van der Waals surface area contributed by atoms with E-state index in [2.05, 4.69) is 0 Å². The largest absolute Gasteiger partial charge is 0.508 e. The summed E-state index contributed by atoms with van der Waals surface area (Å²) < 4.78 is 40.1. The fourth-order valence-corrected chi connectivity index (χ4v) is 10.2. The Morgan fingerprint density at radius 2 is 1.59 bits per heavy atom. The molecule has 2 aliphatic heterocycles. The Bertz CT molecular complexity index is 2050. The normalized spacial score (nSPS) is 34.9. The summed E-state index contributed by atoms with van der Waals surface area (Å²) in [4.78, 5) is 97.2. The van der Waals surface area contributed by atoms with E-state index in [1.807, 2.05) is 0 Å². The number of cyclic esters (lactones) is 1. The van der Waals surface area contributed by atoms with Crippen LogP contribution in [0.1, 0.15) is 92.4 Å². The molecule has 2 unspecified atom stereocenters. The van der Waals surface area contributed by atoms with Crippen LogP contribution in [-0.2, 0) is 52.3 Å². The van der Waals surface area contributed by atoms with Gasteiger partial charge in [0.2, 0.25) is 0 Å². The number of carbonyl (C=O) groups excluding carboxylic acids is 7. The Kier molecular flexibility index (Phi) is 11.3. The van der Waals surface area contributed by atoms with Crippen molar-refractivity contribution in [3.63, 3.8) is 0 Å². The zero-order chi connectivity index (χ0) is 45.6. The van der Waals surface area contributed by atoms with Gasteiger partial charge < -0.3 is 48.5 Å². The fourth-order valence-electron chi connectivity index (χ4n) is 10.2. The minimum atomic E-state index is -2.47. The molecule has 0 aromatic heterocycles. The number of amides is 2. The third-order valence-corrected chi connectivity index (χ3v) is 13.5. The molecular weight excluding hydrogens is 802 g/mol. The number of benzene rings is 1. The van der Waals surface area contributed by atoms with E-state index in [1.165, 1.54) is 53.7 Å². The standard InChI is InChI=1S/C43H55NO17/c1-20-23(58-34(50)27(47)30(38(3,4)5)44-35(51)40(8,9)60-36(44)52)18-43(54)32(59-33(49)22-15-13-12-14-16-22)29-41(10,31(48)28(57-21(2)45)26(20)39(43,6)7)24(46)17-25-42(29,19-56-25)61-37(53)55-11/h12-16,23-25,27-30,32,46-47,54H,17-19H2,1-11H3/t23-,24?,25+,27+,28+,29?,30+,32-,41+,42-,43+/m0/s1. The topological polar surface area (TPSA) is 248 Å². The number of Topliss-reactive ketones (excluding diaryl/α,β-unsaturated/α-hetero) is 1. The minimum Gasteiger partial charge on any atom is -0.456 e. The van der Waals surface area contributed by atoms with Crippen LogP contribution in [-0.4, -0.2) is 135 Å². The van der Waals surface area contributed by atoms with Gasteiger partial charge in [0.25, 0.3) is 5.91 Å². The Morgan fingerprint density at radius 1 is 0.967 bits per heavy atom. The Hall–Kier alpha value is -4.91. The first-order valence-corrected chi connectivity index (χ1v) is 20.0. The van der Waals surface area contributed by atoms with E-state index in [-0.39, 0.29) is 23.1 Å². The molecule has 18 heteroatoms.